The number of rotatable bonds is 3. The quantitative estimate of drug-likeness (QED) is 0.853. The highest BCUT2D eigenvalue weighted by Gasteiger charge is 2.14. The molecule has 0 aliphatic heterocycles. The van der Waals surface area contributed by atoms with E-state index in [0.717, 1.165) is 3.57 Å². The Kier molecular flexibility index (Phi) is 4.83. The van der Waals surface area contributed by atoms with Gasteiger partial charge in [-0.15, -0.1) is 0 Å². The van der Waals surface area contributed by atoms with Crippen LogP contribution in [-0.4, -0.2) is 13.0 Å². The van der Waals surface area contributed by atoms with Crippen molar-refractivity contribution in [3.05, 3.63) is 20.7 Å². The van der Waals surface area contributed by atoms with Gasteiger partial charge in [0.2, 0.25) is 5.91 Å². The molecule has 1 aromatic rings. The normalized spacial score (nSPS) is 9.38. The van der Waals surface area contributed by atoms with Crippen LogP contribution in [0.1, 0.15) is 6.42 Å². The van der Waals surface area contributed by atoms with Crippen LogP contribution >= 0.6 is 34.2 Å². The summed E-state index contributed by atoms with van der Waals surface area (Å²) in [6.45, 7) is 0. The van der Waals surface area contributed by atoms with Gasteiger partial charge in [-0.25, -0.2) is 0 Å². The van der Waals surface area contributed by atoms with E-state index in [2.05, 4.69) is 27.9 Å². The lowest BCUT2D eigenvalue weighted by atomic mass is 10.3. The van der Waals surface area contributed by atoms with Gasteiger partial charge in [0.05, 0.1) is 21.8 Å². The third-order valence-corrected chi connectivity index (χ3v) is 2.93. The summed E-state index contributed by atoms with van der Waals surface area (Å²) in [5.41, 5.74) is 0.399. The van der Waals surface area contributed by atoms with Crippen molar-refractivity contribution in [1.82, 2.24) is 0 Å². The lowest BCUT2D eigenvalue weighted by molar-refractivity contribution is -0.115. The van der Waals surface area contributed by atoms with Gasteiger partial charge in [0.1, 0.15) is 12.1 Å². The molecule has 1 amide bonds. The van der Waals surface area contributed by atoms with Crippen LogP contribution in [0.4, 0.5) is 5.69 Å². The van der Waals surface area contributed by atoms with Gasteiger partial charge in [-0.2, -0.15) is 5.26 Å². The number of nitriles is 1. The Morgan fingerprint density at radius 3 is 2.94 bits per heavy atom. The first-order valence-electron chi connectivity index (χ1n) is 4.29. The average Bonchev–Trinajstić information content (AvgIpc) is 2.24. The van der Waals surface area contributed by atoms with Gasteiger partial charge in [-0.3, -0.25) is 4.79 Å². The molecule has 1 aromatic carbocycles. The van der Waals surface area contributed by atoms with Crippen LogP contribution < -0.4 is 10.1 Å². The van der Waals surface area contributed by atoms with E-state index in [1.165, 1.54) is 7.11 Å². The molecule has 0 unspecified atom stereocenters. The predicted octanol–water partition coefficient (Wildman–Crippen LogP) is 2.81. The number of halogens is 2. The number of hydrogen-bond acceptors (Lipinski definition) is 3. The van der Waals surface area contributed by atoms with Crippen molar-refractivity contribution < 1.29 is 9.53 Å². The van der Waals surface area contributed by atoms with Crippen molar-refractivity contribution in [1.29, 1.82) is 5.26 Å². The second kappa shape index (κ2) is 5.92. The molecule has 0 aliphatic rings. The second-order valence-corrected chi connectivity index (χ2v) is 4.39. The number of anilines is 1. The van der Waals surface area contributed by atoms with Gasteiger partial charge < -0.3 is 10.1 Å². The maximum Gasteiger partial charge on any atom is 0.238 e. The highest BCUT2D eigenvalue weighted by atomic mass is 127. The SMILES string of the molecule is COc1c(I)ccc(Cl)c1NC(=O)CC#N. The molecular weight excluding hydrogens is 342 g/mol. The summed E-state index contributed by atoms with van der Waals surface area (Å²) < 4.78 is 5.98. The van der Waals surface area contributed by atoms with Gasteiger partial charge in [0.25, 0.3) is 0 Å². The topological polar surface area (TPSA) is 62.1 Å². The van der Waals surface area contributed by atoms with Crippen LogP contribution in [0.15, 0.2) is 12.1 Å². The second-order valence-electron chi connectivity index (χ2n) is 2.82. The van der Waals surface area contributed by atoms with E-state index >= 15 is 0 Å². The molecule has 0 saturated heterocycles. The van der Waals surface area contributed by atoms with Crippen molar-refractivity contribution >= 4 is 45.8 Å². The number of amides is 1. The summed E-state index contributed by atoms with van der Waals surface area (Å²) in [4.78, 5) is 11.3. The molecule has 16 heavy (non-hydrogen) atoms. The Morgan fingerprint density at radius 1 is 1.69 bits per heavy atom. The molecule has 0 heterocycles. The lowest BCUT2D eigenvalue weighted by Crippen LogP contribution is -2.12. The average molecular weight is 351 g/mol. The number of hydrogen-bond donors (Lipinski definition) is 1. The van der Waals surface area contributed by atoms with E-state index in [9.17, 15) is 4.79 Å². The summed E-state index contributed by atoms with van der Waals surface area (Å²) >= 11 is 8.01. The van der Waals surface area contributed by atoms with Crippen LogP contribution in [0.25, 0.3) is 0 Å². The highest BCUT2D eigenvalue weighted by Crippen LogP contribution is 2.36. The van der Waals surface area contributed by atoms with Gasteiger partial charge in [0, 0.05) is 0 Å². The Morgan fingerprint density at radius 2 is 2.38 bits per heavy atom. The summed E-state index contributed by atoms with van der Waals surface area (Å²) in [5, 5.41) is 11.3. The molecule has 0 atom stereocenters. The van der Waals surface area contributed by atoms with Crippen molar-refractivity contribution in [3.8, 4) is 11.8 Å². The van der Waals surface area contributed by atoms with Gasteiger partial charge in [0.15, 0.2) is 5.75 Å². The Bertz CT molecular complexity index is 457. The van der Waals surface area contributed by atoms with Crippen molar-refractivity contribution in [2.75, 3.05) is 12.4 Å². The zero-order valence-corrected chi connectivity index (χ0v) is 11.3. The molecule has 6 heteroatoms. The lowest BCUT2D eigenvalue weighted by Gasteiger charge is -2.12. The number of carbonyl (C=O) groups is 1. The third kappa shape index (κ3) is 3.00. The summed E-state index contributed by atoms with van der Waals surface area (Å²) in [5.74, 6) is 0.0871. The zero-order valence-electron chi connectivity index (χ0n) is 8.38. The number of nitrogens with one attached hydrogen (secondary N) is 1. The van der Waals surface area contributed by atoms with E-state index in [1.54, 1.807) is 18.2 Å². The minimum absolute atomic E-state index is 0.217. The van der Waals surface area contributed by atoms with Crippen molar-refractivity contribution in [2.24, 2.45) is 0 Å². The number of benzene rings is 1. The first-order chi connectivity index (χ1) is 7.60. The Balaban J connectivity index is 3.07. The molecule has 0 spiro atoms. The summed E-state index contributed by atoms with van der Waals surface area (Å²) in [6.07, 6.45) is -0.217. The zero-order chi connectivity index (χ0) is 12.1. The van der Waals surface area contributed by atoms with Gasteiger partial charge >= 0.3 is 0 Å². The van der Waals surface area contributed by atoms with Crippen LogP contribution in [0, 0.1) is 14.9 Å². The van der Waals surface area contributed by atoms with Crippen LogP contribution in [-0.2, 0) is 4.79 Å². The van der Waals surface area contributed by atoms with Crippen molar-refractivity contribution in [3.63, 3.8) is 0 Å². The number of ether oxygens (including phenoxy) is 1. The van der Waals surface area contributed by atoms with E-state index in [4.69, 9.17) is 21.6 Å². The fourth-order valence-electron chi connectivity index (χ4n) is 1.10. The Labute approximate surface area is 112 Å². The fraction of sp³-hybridized carbons (Fsp3) is 0.200. The molecule has 4 nitrogen and oxygen atoms in total. The molecule has 0 radical (unpaired) electrons. The van der Waals surface area contributed by atoms with E-state index in [1.807, 2.05) is 0 Å². The van der Waals surface area contributed by atoms with E-state index in [-0.39, 0.29) is 6.42 Å². The smallest absolute Gasteiger partial charge is 0.238 e. The third-order valence-electron chi connectivity index (χ3n) is 1.77. The minimum atomic E-state index is -0.412. The first-order valence-corrected chi connectivity index (χ1v) is 5.74. The molecule has 0 bridgehead atoms. The first kappa shape index (κ1) is 13.1. The number of methoxy groups -OCH3 is 1. The van der Waals surface area contributed by atoms with Crippen LogP contribution in [0.2, 0.25) is 5.02 Å². The monoisotopic (exact) mass is 350 g/mol. The summed E-state index contributed by atoms with van der Waals surface area (Å²) in [6, 6.07) is 5.20. The molecule has 1 rings (SSSR count). The molecule has 0 aromatic heterocycles. The summed E-state index contributed by atoms with van der Waals surface area (Å²) in [7, 11) is 1.49. The van der Waals surface area contributed by atoms with Gasteiger partial charge in [-0.1, -0.05) is 11.6 Å². The van der Waals surface area contributed by atoms with E-state index < -0.39 is 5.91 Å². The fourth-order valence-corrected chi connectivity index (χ4v) is 1.97. The molecule has 84 valence electrons. The van der Waals surface area contributed by atoms with Crippen LogP contribution in [0.3, 0.4) is 0 Å². The number of carbonyl (C=O) groups excluding carboxylic acids is 1. The van der Waals surface area contributed by atoms with E-state index in [0.29, 0.717) is 16.5 Å². The Hall–Kier alpha value is -1.00. The largest absolute Gasteiger partial charge is 0.493 e. The molecular formula is C10H8ClIN2O2. The molecule has 0 saturated carbocycles. The maximum atomic E-state index is 11.3. The highest BCUT2D eigenvalue weighted by molar-refractivity contribution is 14.1. The number of nitrogens with zero attached hydrogens (tertiary/aromatic N) is 1. The molecule has 0 fully saturated rings. The van der Waals surface area contributed by atoms with Crippen molar-refractivity contribution in [2.45, 2.75) is 6.42 Å². The molecule has 0 aliphatic carbocycles. The predicted molar refractivity (Wildman–Crippen MR) is 69.6 cm³/mol. The maximum absolute atomic E-state index is 11.3. The van der Waals surface area contributed by atoms with Gasteiger partial charge in [-0.05, 0) is 34.7 Å². The standard InChI is InChI=1S/C10H8ClIN2O2/c1-16-10-7(12)3-2-6(11)9(10)14-8(15)4-5-13/h2-3H,4H2,1H3,(H,14,15). The minimum Gasteiger partial charge on any atom is -0.493 e. The molecule has 1 N–H and O–H groups in total. The van der Waals surface area contributed by atoms with Crippen LogP contribution in [0.5, 0.6) is 5.75 Å².